The molecule has 0 saturated heterocycles. The van der Waals surface area contributed by atoms with Gasteiger partial charge in [0.15, 0.2) is 0 Å². The molecule has 0 aliphatic heterocycles. The van der Waals surface area contributed by atoms with E-state index in [4.69, 9.17) is 5.73 Å². The van der Waals surface area contributed by atoms with Crippen LogP contribution in [0.2, 0.25) is 0 Å². The fourth-order valence-electron chi connectivity index (χ4n) is 4.32. The maximum Gasteiger partial charge on any atom is 0.224 e. The number of hydrogen-bond acceptors (Lipinski definition) is 3. The molecular weight excluding hydrogens is 262 g/mol. The van der Waals surface area contributed by atoms with Crippen LogP contribution in [0.1, 0.15) is 52.4 Å². The van der Waals surface area contributed by atoms with E-state index in [0.717, 1.165) is 19.5 Å². The second-order valence-corrected chi connectivity index (χ2v) is 6.92. The van der Waals surface area contributed by atoms with Gasteiger partial charge in [0, 0.05) is 12.6 Å². The van der Waals surface area contributed by atoms with Crippen LogP contribution < -0.4 is 11.1 Å². The Bertz CT molecular complexity index is 326. The molecule has 0 radical (unpaired) electrons. The minimum absolute atomic E-state index is 0.0890. The van der Waals surface area contributed by atoms with Crippen molar-refractivity contribution in [3.63, 3.8) is 0 Å². The summed E-state index contributed by atoms with van der Waals surface area (Å²) in [6.07, 6.45) is 7.07. The zero-order valence-corrected chi connectivity index (χ0v) is 13.8. The Morgan fingerprint density at radius 1 is 1.14 bits per heavy atom. The molecule has 2 aliphatic rings. The summed E-state index contributed by atoms with van der Waals surface area (Å²) in [6, 6.07) is 0.112. The number of amides is 1. The summed E-state index contributed by atoms with van der Waals surface area (Å²) in [5, 5.41) is 3.13. The predicted molar refractivity (Wildman–Crippen MR) is 86.9 cm³/mol. The molecule has 4 unspecified atom stereocenters. The number of nitrogens with zero attached hydrogens (tertiary/aromatic N) is 1. The lowest BCUT2D eigenvalue weighted by Crippen LogP contribution is -2.45. The van der Waals surface area contributed by atoms with Crippen LogP contribution >= 0.6 is 0 Å². The second kappa shape index (κ2) is 8.14. The van der Waals surface area contributed by atoms with Crippen molar-refractivity contribution < 1.29 is 4.79 Å². The summed E-state index contributed by atoms with van der Waals surface area (Å²) in [7, 11) is 0. The topological polar surface area (TPSA) is 58.4 Å². The largest absolute Gasteiger partial charge is 0.356 e. The van der Waals surface area contributed by atoms with Gasteiger partial charge in [-0.05, 0) is 70.0 Å². The lowest BCUT2D eigenvalue weighted by molar-refractivity contribution is -0.127. The van der Waals surface area contributed by atoms with Crippen LogP contribution in [0.3, 0.4) is 0 Å². The van der Waals surface area contributed by atoms with Crippen LogP contribution in [0.4, 0.5) is 0 Å². The number of carbonyl (C=O) groups is 1. The maximum atomic E-state index is 12.3. The molecule has 0 aromatic carbocycles. The van der Waals surface area contributed by atoms with Gasteiger partial charge in [-0.25, -0.2) is 0 Å². The molecule has 21 heavy (non-hydrogen) atoms. The van der Waals surface area contributed by atoms with E-state index in [9.17, 15) is 4.79 Å². The minimum atomic E-state index is 0.0890. The van der Waals surface area contributed by atoms with E-state index in [2.05, 4.69) is 24.1 Å². The first-order valence-corrected chi connectivity index (χ1v) is 8.93. The first kappa shape index (κ1) is 16.8. The lowest BCUT2D eigenvalue weighted by Gasteiger charge is -2.27. The number of nitrogens with two attached hydrogens (primary N) is 1. The first-order chi connectivity index (χ1) is 10.2. The fraction of sp³-hybridized carbons (Fsp3) is 0.941. The summed E-state index contributed by atoms with van der Waals surface area (Å²) in [5.41, 5.74) is 6.23. The molecule has 0 spiro atoms. The monoisotopic (exact) mass is 295 g/mol. The van der Waals surface area contributed by atoms with Crippen molar-refractivity contribution in [2.45, 2.75) is 58.4 Å². The quantitative estimate of drug-likeness (QED) is 0.640. The number of rotatable bonds is 9. The van der Waals surface area contributed by atoms with Crippen LogP contribution in [-0.2, 0) is 4.79 Å². The van der Waals surface area contributed by atoms with Crippen LogP contribution in [0.5, 0.6) is 0 Å². The van der Waals surface area contributed by atoms with Crippen molar-refractivity contribution in [3.05, 3.63) is 0 Å². The van der Waals surface area contributed by atoms with Crippen molar-refractivity contribution >= 4 is 5.91 Å². The van der Waals surface area contributed by atoms with E-state index in [0.29, 0.717) is 11.8 Å². The molecule has 2 aliphatic carbocycles. The molecule has 4 nitrogen and oxygen atoms in total. The molecule has 122 valence electrons. The van der Waals surface area contributed by atoms with Crippen molar-refractivity contribution in [1.29, 1.82) is 0 Å². The first-order valence-electron chi connectivity index (χ1n) is 8.93. The smallest absolute Gasteiger partial charge is 0.224 e. The van der Waals surface area contributed by atoms with Gasteiger partial charge < -0.3 is 16.0 Å². The van der Waals surface area contributed by atoms with Gasteiger partial charge in [-0.15, -0.1) is 0 Å². The average molecular weight is 295 g/mol. The SMILES string of the molecule is CCCN(CCC)CCCNC(=O)C1C2CCC(C2)C1N. The highest BCUT2D eigenvalue weighted by Crippen LogP contribution is 2.47. The number of carbonyl (C=O) groups excluding carboxylic acids is 1. The van der Waals surface area contributed by atoms with Crippen molar-refractivity contribution in [2.24, 2.45) is 23.5 Å². The van der Waals surface area contributed by atoms with Gasteiger partial charge in [0.2, 0.25) is 5.91 Å². The minimum Gasteiger partial charge on any atom is -0.356 e. The zero-order chi connectivity index (χ0) is 15.2. The summed E-state index contributed by atoms with van der Waals surface area (Å²) in [6.45, 7) is 8.66. The van der Waals surface area contributed by atoms with Crippen LogP contribution in [0.25, 0.3) is 0 Å². The van der Waals surface area contributed by atoms with Gasteiger partial charge in [-0.2, -0.15) is 0 Å². The Balaban J connectivity index is 1.65. The van der Waals surface area contributed by atoms with E-state index in [-0.39, 0.29) is 17.9 Å². The molecule has 2 bridgehead atoms. The zero-order valence-electron chi connectivity index (χ0n) is 13.8. The third kappa shape index (κ3) is 4.19. The van der Waals surface area contributed by atoms with Crippen molar-refractivity contribution in [2.75, 3.05) is 26.2 Å². The molecule has 4 atom stereocenters. The van der Waals surface area contributed by atoms with E-state index in [1.165, 1.54) is 45.2 Å². The summed E-state index contributed by atoms with van der Waals surface area (Å²) in [4.78, 5) is 14.8. The molecule has 2 fully saturated rings. The lowest BCUT2D eigenvalue weighted by atomic mass is 9.84. The molecule has 0 aromatic rings. The van der Waals surface area contributed by atoms with Gasteiger partial charge in [0.1, 0.15) is 0 Å². The molecule has 4 heteroatoms. The highest BCUT2D eigenvalue weighted by Gasteiger charge is 2.48. The Morgan fingerprint density at radius 2 is 1.81 bits per heavy atom. The molecule has 2 saturated carbocycles. The van der Waals surface area contributed by atoms with E-state index >= 15 is 0 Å². The normalized spacial score (nSPS) is 31.0. The van der Waals surface area contributed by atoms with E-state index < -0.39 is 0 Å². The fourth-order valence-corrected chi connectivity index (χ4v) is 4.32. The predicted octanol–water partition coefficient (Wildman–Crippen LogP) is 1.99. The number of fused-ring (bicyclic) bond motifs is 2. The Labute approximate surface area is 129 Å². The van der Waals surface area contributed by atoms with Crippen molar-refractivity contribution in [3.8, 4) is 0 Å². The van der Waals surface area contributed by atoms with Gasteiger partial charge >= 0.3 is 0 Å². The number of hydrogen-bond donors (Lipinski definition) is 2. The maximum absolute atomic E-state index is 12.3. The van der Waals surface area contributed by atoms with Crippen molar-refractivity contribution in [1.82, 2.24) is 10.2 Å². The molecule has 0 aromatic heterocycles. The van der Waals surface area contributed by atoms with Gasteiger partial charge in [0.25, 0.3) is 0 Å². The van der Waals surface area contributed by atoms with E-state index in [1.807, 2.05) is 0 Å². The summed E-state index contributed by atoms with van der Waals surface area (Å²) >= 11 is 0. The summed E-state index contributed by atoms with van der Waals surface area (Å²) in [5.74, 6) is 1.47. The van der Waals surface area contributed by atoms with Gasteiger partial charge in [-0.1, -0.05) is 13.8 Å². The molecular formula is C17H33N3O. The van der Waals surface area contributed by atoms with Gasteiger partial charge in [-0.3, -0.25) is 4.79 Å². The molecule has 1 amide bonds. The highest BCUT2D eigenvalue weighted by atomic mass is 16.1. The van der Waals surface area contributed by atoms with Crippen LogP contribution in [0.15, 0.2) is 0 Å². The Hall–Kier alpha value is -0.610. The van der Waals surface area contributed by atoms with Crippen LogP contribution in [0, 0.1) is 17.8 Å². The summed E-state index contributed by atoms with van der Waals surface area (Å²) < 4.78 is 0. The standard InChI is InChI=1S/C17H33N3O/c1-3-9-20(10-4-2)11-5-8-19-17(21)15-13-6-7-14(12-13)16(15)18/h13-16H,3-12,18H2,1-2H3,(H,19,21). The molecule has 3 N–H and O–H groups in total. The van der Waals surface area contributed by atoms with E-state index in [1.54, 1.807) is 0 Å². The average Bonchev–Trinajstić information content (AvgIpc) is 3.04. The second-order valence-electron chi connectivity index (χ2n) is 6.92. The highest BCUT2D eigenvalue weighted by molar-refractivity contribution is 5.80. The van der Waals surface area contributed by atoms with Crippen LogP contribution in [-0.4, -0.2) is 43.0 Å². The number of nitrogens with one attached hydrogen (secondary N) is 1. The van der Waals surface area contributed by atoms with Gasteiger partial charge in [0.05, 0.1) is 5.92 Å². The molecule has 0 heterocycles. The third-order valence-electron chi connectivity index (χ3n) is 5.31. The molecule has 2 rings (SSSR count). The Morgan fingerprint density at radius 3 is 2.38 bits per heavy atom. The third-order valence-corrected chi connectivity index (χ3v) is 5.31. The Kier molecular flexibility index (Phi) is 6.49.